The molecule has 0 unspecified atom stereocenters. The summed E-state index contributed by atoms with van der Waals surface area (Å²) in [6.07, 6.45) is 0. The number of rotatable bonds is 6. The first-order chi connectivity index (χ1) is 12.2. The van der Waals surface area contributed by atoms with Gasteiger partial charge in [0.25, 0.3) is 0 Å². The van der Waals surface area contributed by atoms with Crippen molar-refractivity contribution in [2.75, 3.05) is 38.3 Å². The van der Waals surface area contributed by atoms with Crippen molar-refractivity contribution in [2.45, 2.75) is 19.5 Å². The highest BCUT2D eigenvalue weighted by molar-refractivity contribution is 5.49. The fraction of sp³-hybridized carbons (Fsp3) is 0.400. The molecule has 1 saturated heterocycles. The normalized spacial score (nSPS) is 15.9. The zero-order valence-electron chi connectivity index (χ0n) is 14.8. The summed E-state index contributed by atoms with van der Waals surface area (Å²) in [6.45, 7) is 5.45. The van der Waals surface area contributed by atoms with Crippen LogP contribution < -0.4 is 15.0 Å². The minimum absolute atomic E-state index is 0.109. The molecule has 0 radical (unpaired) electrons. The largest absolute Gasteiger partial charge is 0.496 e. The van der Waals surface area contributed by atoms with Crippen LogP contribution in [0, 0.1) is 5.82 Å². The Labute approximate surface area is 148 Å². The number of hydrogen-bond acceptors (Lipinski definition) is 4. The van der Waals surface area contributed by atoms with Gasteiger partial charge in [0.15, 0.2) is 0 Å². The fourth-order valence-electron chi connectivity index (χ4n) is 3.13. The van der Waals surface area contributed by atoms with Crippen molar-refractivity contribution in [3.05, 3.63) is 59.4 Å². The summed E-state index contributed by atoms with van der Waals surface area (Å²) in [5.41, 5.74) is 2.68. The second-order valence-electron chi connectivity index (χ2n) is 6.23. The molecule has 0 saturated carbocycles. The van der Waals surface area contributed by atoms with Crippen molar-refractivity contribution < 1.29 is 13.9 Å². The maximum Gasteiger partial charge on any atom is 0.146 e. The summed E-state index contributed by atoms with van der Waals surface area (Å²) < 4.78 is 25.2. The Morgan fingerprint density at radius 1 is 1.20 bits per heavy atom. The van der Waals surface area contributed by atoms with E-state index < -0.39 is 0 Å². The molecule has 1 atom stereocenters. The predicted molar refractivity (Wildman–Crippen MR) is 97.7 cm³/mol. The number of nitrogens with zero attached hydrogens (tertiary/aromatic N) is 1. The van der Waals surface area contributed by atoms with Gasteiger partial charge in [0.2, 0.25) is 0 Å². The number of ether oxygens (including phenoxy) is 2. The van der Waals surface area contributed by atoms with Gasteiger partial charge in [-0.05, 0) is 30.7 Å². The van der Waals surface area contributed by atoms with Crippen molar-refractivity contribution >= 4 is 5.69 Å². The Kier molecular flexibility index (Phi) is 5.89. The summed E-state index contributed by atoms with van der Waals surface area (Å²) >= 11 is 0. The lowest BCUT2D eigenvalue weighted by Gasteiger charge is -2.29. The quantitative estimate of drug-likeness (QED) is 0.869. The van der Waals surface area contributed by atoms with Crippen LogP contribution >= 0.6 is 0 Å². The van der Waals surface area contributed by atoms with Crippen molar-refractivity contribution in [3.63, 3.8) is 0 Å². The van der Waals surface area contributed by atoms with E-state index >= 15 is 0 Å². The van der Waals surface area contributed by atoms with Gasteiger partial charge in [-0.3, -0.25) is 0 Å². The highest BCUT2D eigenvalue weighted by Gasteiger charge is 2.16. The number of para-hydroxylation sites is 1. The molecular weight excluding hydrogens is 319 g/mol. The van der Waals surface area contributed by atoms with Crippen LogP contribution in [-0.4, -0.2) is 33.4 Å². The number of hydrogen-bond donors (Lipinski definition) is 1. The molecule has 1 heterocycles. The van der Waals surface area contributed by atoms with Crippen LogP contribution in [0.3, 0.4) is 0 Å². The van der Waals surface area contributed by atoms with E-state index in [0.29, 0.717) is 25.4 Å². The van der Waals surface area contributed by atoms with Crippen LogP contribution in [0.25, 0.3) is 0 Å². The Balaban J connectivity index is 1.64. The number of nitrogens with one attached hydrogen (secondary N) is 1. The van der Waals surface area contributed by atoms with Crippen LogP contribution in [-0.2, 0) is 11.3 Å². The van der Waals surface area contributed by atoms with Crippen molar-refractivity contribution in [2.24, 2.45) is 0 Å². The minimum Gasteiger partial charge on any atom is -0.496 e. The van der Waals surface area contributed by atoms with Gasteiger partial charge in [-0.1, -0.05) is 24.3 Å². The number of anilines is 1. The molecule has 3 rings (SSSR count). The summed E-state index contributed by atoms with van der Waals surface area (Å²) in [5, 5.41) is 3.44. The number of methoxy groups -OCH3 is 1. The van der Waals surface area contributed by atoms with Crippen LogP contribution in [0.5, 0.6) is 5.75 Å². The van der Waals surface area contributed by atoms with Gasteiger partial charge in [0, 0.05) is 31.2 Å². The lowest BCUT2D eigenvalue weighted by Crippen LogP contribution is -2.36. The summed E-state index contributed by atoms with van der Waals surface area (Å²) in [5.74, 6) is 0.683. The van der Waals surface area contributed by atoms with Crippen molar-refractivity contribution in [1.82, 2.24) is 5.32 Å². The van der Waals surface area contributed by atoms with Gasteiger partial charge in [-0.25, -0.2) is 4.39 Å². The molecule has 1 fully saturated rings. The van der Waals surface area contributed by atoms with Gasteiger partial charge in [-0.15, -0.1) is 0 Å². The third-order valence-electron chi connectivity index (χ3n) is 4.58. The molecule has 1 aliphatic heterocycles. The zero-order chi connectivity index (χ0) is 17.6. The molecule has 5 heteroatoms. The smallest absolute Gasteiger partial charge is 0.146 e. The summed E-state index contributed by atoms with van der Waals surface area (Å²) in [4.78, 5) is 2.04. The monoisotopic (exact) mass is 344 g/mol. The maximum atomic E-state index is 14.5. The first kappa shape index (κ1) is 17.7. The summed E-state index contributed by atoms with van der Waals surface area (Å²) in [6, 6.07) is 13.5. The maximum absolute atomic E-state index is 14.5. The number of morpholine rings is 1. The minimum atomic E-state index is -0.175. The molecule has 1 aliphatic rings. The molecule has 2 aromatic rings. The number of halogens is 1. The van der Waals surface area contributed by atoms with E-state index in [2.05, 4.69) is 12.2 Å². The van der Waals surface area contributed by atoms with Gasteiger partial charge in [0.1, 0.15) is 11.6 Å². The van der Waals surface area contributed by atoms with E-state index in [-0.39, 0.29) is 11.9 Å². The van der Waals surface area contributed by atoms with Crippen LogP contribution in [0.2, 0.25) is 0 Å². The zero-order valence-corrected chi connectivity index (χ0v) is 14.8. The van der Waals surface area contributed by atoms with Gasteiger partial charge < -0.3 is 19.7 Å². The lowest BCUT2D eigenvalue weighted by molar-refractivity contribution is 0.122. The molecular formula is C20H25FN2O2. The SMILES string of the molecule is COc1ccccc1[C@@H](C)NCc1ccc(N2CCOCC2)c(F)c1. The van der Waals surface area contributed by atoms with E-state index in [9.17, 15) is 4.39 Å². The Morgan fingerprint density at radius 2 is 1.96 bits per heavy atom. The Hall–Kier alpha value is -2.11. The van der Waals surface area contributed by atoms with E-state index in [1.807, 2.05) is 41.3 Å². The Bertz CT molecular complexity index is 702. The average Bonchev–Trinajstić information content (AvgIpc) is 2.66. The third-order valence-corrected chi connectivity index (χ3v) is 4.58. The highest BCUT2D eigenvalue weighted by atomic mass is 19.1. The Morgan fingerprint density at radius 3 is 2.68 bits per heavy atom. The topological polar surface area (TPSA) is 33.7 Å². The molecule has 0 aliphatic carbocycles. The molecule has 4 nitrogen and oxygen atoms in total. The molecule has 134 valence electrons. The van der Waals surface area contributed by atoms with E-state index in [1.54, 1.807) is 13.2 Å². The first-order valence-electron chi connectivity index (χ1n) is 8.66. The fourth-order valence-corrected chi connectivity index (χ4v) is 3.13. The molecule has 25 heavy (non-hydrogen) atoms. The van der Waals surface area contributed by atoms with Crippen LogP contribution in [0.4, 0.5) is 10.1 Å². The predicted octanol–water partition coefficient (Wildman–Crippen LogP) is 3.52. The van der Waals surface area contributed by atoms with E-state index in [1.165, 1.54) is 0 Å². The third kappa shape index (κ3) is 4.30. The molecule has 2 aromatic carbocycles. The van der Waals surface area contributed by atoms with Crippen LogP contribution in [0.15, 0.2) is 42.5 Å². The second-order valence-corrected chi connectivity index (χ2v) is 6.23. The average molecular weight is 344 g/mol. The van der Waals surface area contributed by atoms with Gasteiger partial charge in [0.05, 0.1) is 26.0 Å². The lowest BCUT2D eigenvalue weighted by atomic mass is 10.1. The first-order valence-corrected chi connectivity index (χ1v) is 8.66. The number of benzene rings is 2. The second kappa shape index (κ2) is 8.32. The highest BCUT2D eigenvalue weighted by Crippen LogP contribution is 2.25. The van der Waals surface area contributed by atoms with Crippen molar-refractivity contribution in [1.29, 1.82) is 0 Å². The molecule has 1 N–H and O–H groups in total. The summed E-state index contributed by atoms with van der Waals surface area (Å²) in [7, 11) is 1.67. The standard InChI is InChI=1S/C20H25FN2O2/c1-15(17-5-3-4-6-20(17)24-2)22-14-16-7-8-19(18(21)13-16)23-9-11-25-12-10-23/h3-8,13,15,22H,9-12,14H2,1-2H3/t15-/m1/s1. The van der Waals surface area contributed by atoms with E-state index in [0.717, 1.165) is 30.0 Å². The van der Waals surface area contributed by atoms with Crippen LogP contribution in [0.1, 0.15) is 24.1 Å². The van der Waals surface area contributed by atoms with E-state index in [4.69, 9.17) is 9.47 Å². The van der Waals surface area contributed by atoms with Gasteiger partial charge >= 0.3 is 0 Å². The molecule has 0 spiro atoms. The molecule has 0 amide bonds. The molecule has 0 bridgehead atoms. The van der Waals surface area contributed by atoms with Crippen molar-refractivity contribution in [3.8, 4) is 5.75 Å². The molecule has 0 aromatic heterocycles. The van der Waals surface area contributed by atoms with Gasteiger partial charge in [-0.2, -0.15) is 0 Å².